The Hall–Kier alpha value is -1.84. The highest BCUT2D eigenvalue weighted by atomic mass is 16.6. The number of likely N-dealkylation sites (N-methyl/N-ethyl adjacent to an activating group) is 1. The second kappa shape index (κ2) is 3.96. The summed E-state index contributed by atoms with van der Waals surface area (Å²) in [6, 6.07) is 7.22. The summed E-state index contributed by atoms with van der Waals surface area (Å²) in [6.45, 7) is 1.90. The third kappa shape index (κ3) is 1.78. The minimum Gasteiger partial charge on any atom is -0.447 e. The Bertz CT molecular complexity index is 424. The van der Waals surface area contributed by atoms with Gasteiger partial charge in [-0.2, -0.15) is 0 Å². The van der Waals surface area contributed by atoms with Crippen molar-refractivity contribution in [2.75, 3.05) is 13.7 Å². The SMILES string of the molecule is CC(=O)c1ccc(C2COC(=O)N2C)cc1. The Morgan fingerprint density at radius 3 is 2.44 bits per heavy atom. The molecule has 1 amide bonds. The summed E-state index contributed by atoms with van der Waals surface area (Å²) < 4.78 is 4.93. The highest BCUT2D eigenvalue weighted by molar-refractivity contribution is 5.94. The molecule has 16 heavy (non-hydrogen) atoms. The number of carbonyl (C=O) groups is 2. The van der Waals surface area contributed by atoms with Gasteiger partial charge in [0.15, 0.2) is 5.78 Å². The number of cyclic esters (lactones) is 1. The molecule has 1 atom stereocenters. The number of amides is 1. The molecule has 2 rings (SSSR count). The predicted molar refractivity (Wildman–Crippen MR) is 58.3 cm³/mol. The molecule has 1 aromatic rings. The molecule has 0 spiro atoms. The first kappa shape index (κ1) is 10.7. The van der Waals surface area contributed by atoms with Crippen LogP contribution in [0, 0.1) is 0 Å². The molecule has 0 radical (unpaired) electrons. The van der Waals surface area contributed by atoms with E-state index in [1.807, 2.05) is 12.1 Å². The minimum absolute atomic E-state index is 0.0404. The van der Waals surface area contributed by atoms with Crippen LogP contribution in [0.25, 0.3) is 0 Å². The number of nitrogens with zero attached hydrogens (tertiary/aromatic N) is 1. The number of Topliss-reactive ketones (excluding diaryl/α,β-unsaturated/α-hetero) is 1. The highest BCUT2D eigenvalue weighted by Crippen LogP contribution is 2.25. The number of hydrogen-bond acceptors (Lipinski definition) is 3. The summed E-state index contributed by atoms with van der Waals surface area (Å²) in [4.78, 5) is 23.8. The van der Waals surface area contributed by atoms with Crippen LogP contribution in [0.5, 0.6) is 0 Å². The lowest BCUT2D eigenvalue weighted by atomic mass is 10.0. The summed E-state index contributed by atoms with van der Waals surface area (Å²) in [5.74, 6) is 0.0404. The van der Waals surface area contributed by atoms with Crippen molar-refractivity contribution >= 4 is 11.9 Å². The summed E-state index contributed by atoms with van der Waals surface area (Å²) >= 11 is 0. The molecular formula is C12H13NO3. The lowest BCUT2D eigenvalue weighted by molar-refractivity contribution is 0.101. The molecule has 1 unspecified atom stereocenters. The zero-order valence-corrected chi connectivity index (χ0v) is 9.27. The molecule has 1 heterocycles. The first-order chi connectivity index (χ1) is 7.59. The molecule has 1 fully saturated rings. The molecule has 0 aromatic heterocycles. The second-order valence-corrected chi connectivity index (χ2v) is 3.88. The van der Waals surface area contributed by atoms with Crippen molar-refractivity contribution in [2.45, 2.75) is 13.0 Å². The maximum atomic E-state index is 11.2. The lowest BCUT2D eigenvalue weighted by Crippen LogP contribution is -2.22. The van der Waals surface area contributed by atoms with Gasteiger partial charge in [0.05, 0.1) is 6.04 Å². The van der Waals surface area contributed by atoms with Crippen molar-refractivity contribution in [1.82, 2.24) is 4.90 Å². The summed E-state index contributed by atoms with van der Waals surface area (Å²) in [6.07, 6.45) is -0.305. The van der Waals surface area contributed by atoms with Gasteiger partial charge in [-0.15, -0.1) is 0 Å². The van der Waals surface area contributed by atoms with Crippen LogP contribution in [-0.4, -0.2) is 30.4 Å². The van der Waals surface area contributed by atoms with Crippen LogP contribution in [0.1, 0.15) is 28.9 Å². The number of hydrogen-bond donors (Lipinski definition) is 0. The largest absolute Gasteiger partial charge is 0.447 e. The van der Waals surface area contributed by atoms with Crippen LogP contribution in [-0.2, 0) is 4.74 Å². The zero-order valence-electron chi connectivity index (χ0n) is 9.27. The fourth-order valence-corrected chi connectivity index (χ4v) is 1.75. The summed E-state index contributed by atoms with van der Waals surface area (Å²) in [5.41, 5.74) is 1.66. The average molecular weight is 219 g/mol. The minimum atomic E-state index is -0.305. The summed E-state index contributed by atoms with van der Waals surface area (Å²) in [7, 11) is 1.71. The van der Waals surface area contributed by atoms with Gasteiger partial charge >= 0.3 is 6.09 Å². The molecule has 0 saturated carbocycles. The van der Waals surface area contributed by atoms with Gasteiger partial charge in [0, 0.05) is 12.6 Å². The third-order valence-corrected chi connectivity index (χ3v) is 2.82. The molecule has 1 aromatic carbocycles. The van der Waals surface area contributed by atoms with Gasteiger partial charge in [0.2, 0.25) is 0 Å². The van der Waals surface area contributed by atoms with E-state index in [4.69, 9.17) is 4.74 Å². The number of carbonyl (C=O) groups excluding carboxylic acids is 2. The maximum Gasteiger partial charge on any atom is 0.410 e. The van der Waals surface area contributed by atoms with Crippen LogP contribution >= 0.6 is 0 Å². The highest BCUT2D eigenvalue weighted by Gasteiger charge is 2.30. The van der Waals surface area contributed by atoms with Gasteiger partial charge in [0.25, 0.3) is 0 Å². The molecule has 1 aliphatic heterocycles. The number of rotatable bonds is 2. The fourth-order valence-electron chi connectivity index (χ4n) is 1.75. The van der Waals surface area contributed by atoms with E-state index in [-0.39, 0.29) is 17.9 Å². The van der Waals surface area contributed by atoms with Gasteiger partial charge < -0.3 is 9.64 Å². The van der Waals surface area contributed by atoms with Crippen molar-refractivity contribution in [3.63, 3.8) is 0 Å². The fraction of sp³-hybridized carbons (Fsp3) is 0.333. The van der Waals surface area contributed by atoms with Gasteiger partial charge in [0.1, 0.15) is 6.61 Å². The predicted octanol–water partition coefficient (Wildman–Crippen LogP) is 2.01. The van der Waals surface area contributed by atoms with Crippen LogP contribution in [0.4, 0.5) is 4.79 Å². The van der Waals surface area contributed by atoms with Gasteiger partial charge in [-0.1, -0.05) is 24.3 Å². The first-order valence-electron chi connectivity index (χ1n) is 5.10. The zero-order chi connectivity index (χ0) is 11.7. The number of ether oxygens (including phenoxy) is 1. The van der Waals surface area contributed by atoms with Crippen LogP contribution < -0.4 is 0 Å². The van der Waals surface area contributed by atoms with E-state index in [1.54, 1.807) is 24.1 Å². The monoisotopic (exact) mass is 219 g/mol. The quantitative estimate of drug-likeness (QED) is 0.715. The first-order valence-corrected chi connectivity index (χ1v) is 5.10. The molecule has 4 heteroatoms. The van der Waals surface area contributed by atoms with Crippen molar-refractivity contribution in [1.29, 1.82) is 0 Å². The van der Waals surface area contributed by atoms with E-state index in [0.717, 1.165) is 5.56 Å². The Labute approximate surface area is 93.8 Å². The summed E-state index contributed by atoms with van der Waals surface area (Å²) in [5, 5.41) is 0. The van der Waals surface area contributed by atoms with Crippen LogP contribution in [0.15, 0.2) is 24.3 Å². The van der Waals surface area contributed by atoms with Crippen LogP contribution in [0.2, 0.25) is 0 Å². The average Bonchev–Trinajstić information content (AvgIpc) is 2.60. The van der Waals surface area contributed by atoms with E-state index in [0.29, 0.717) is 12.2 Å². The van der Waals surface area contributed by atoms with E-state index < -0.39 is 0 Å². The van der Waals surface area contributed by atoms with E-state index in [1.165, 1.54) is 6.92 Å². The van der Waals surface area contributed by atoms with Crippen molar-refractivity contribution < 1.29 is 14.3 Å². The normalized spacial score (nSPS) is 19.8. The maximum absolute atomic E-state index is 11.2. The van der Waals surface area contributed by atoms with E-state index in [9.17, 15) is 9.59 Å². The molecule has 0 N–H and O–H groups in total. The van der Waals surface area contributed by atoms with Crippen molar-refractivity contribution in [2.24, 2.45) is 0 Å². The second-order valence-electron chi connectivity index (χ2n) is 3.88. The topological polar surface area (TPSA) is 46.6 Å². The molecule has 84 valence electrons. The standard InChI is InChI=1S/C12H13NO3/c1-8(14)9-3-5-10(6-4-9)11-7-16-12(15)13(11)2/h3-6,11H,7H2,1-2H3. The molecule has 0 aliphatic carbocycles. The molecule has 1 saturated heterocycles. The molecule has 0 bridgehead atoms. The third-order valence-electron chi connectivity index (χ3n) is 2.82. The van der Waals surface area contributed by atoms with Crippen LogP contribution in [0.3, 0.4) is 0 Å². The Morgan fingerprint density at radius 1 is 1.38 bits per heavy atom. The lowest BCUT2D eigenvalue weighted by Gasteiger charge is -2.16. The Kier molecular flexibility index (Phi) is 2.64. The van der Waals surface area contributed by atoms with Gasteiger partial charge in [-0.05, 0) is 12.5 Å². The molecular weight excluding hydrogens is 206 g/mol. The Morgan fingerprint density at radius 2 is 2.00 bits per heavy atom. The Balaban J connectivity index is 2.22. The van der Waals surface area contributed by atoms with E-state index in [2.05, 4.69) is 0 Å². The molecule has 1 aliphatic rings. The number of benzene rings is 1. The van der Waals surface area contributed by atoms with Gasteiger partial charge in [-0.25, -0.2) is 4.79 Å². The number of ketones is 1. The van der Waals surface area contributed by atoms with Crippen molar-refractivity contribution in [3.8, 4) is 0 Å². The smallest absolute Gasteiger partial charge is 0.410 e. The molecule has 4 nitrogen and oxygen atoms in total. The van der Waals surface area contributed by atoms with Gasteiger partial charge in [-0.3, -0.25) is 4.79 Å². The van der Waals surface area contributed by atoms with E-state index >= 15 is 0 Å². The van der Waals surface area contributed by atoms with Crippen molar-refractivity contribution in [3.05, 3.63) is 35.4 Å².